The Bertz CT molecular complexity index is 1320. The van der Waals surface area contributed by atoms with E-state index in [0.717, 1.165) is 25.7 Å². The summed E-state index contributed by atoms with van der Waals surface area (Å²) in [6, 6.07) is 5.80. The van der Waals surface area contributed by atoms with Gasteiger partial charge in [-0.25, -0.2) is 4.98 Å². The number of aryl methyl sites for hydroxylation is 1. The van der Waals surface area contributed by atoms with Crippen LogP contribution in [0.2, 0.25) is 0 Å². The van der Waals surface area contributed by atoms with E-state index in [9.17, 15) is 31.1 Å². The molecule has 0 aliphatic heterocycles. The predicted octanol–water partition coefficient (Wildman–Crippen LogP) is 4.91. The first-order valence-electron chi connectivity index (χ1n) is 8.78. The molecular weight excluding hydrogens is 444 g/mol. The molecule has 1 amide bonds. The zero-order valence-corrected chi connectivity index (χ0v) is 15.9. The first kappa shape index (κ1) is 21.3. The third-order valence-corrected chi connectivity index (χ3v) is 4.47. The standard InChI is InChI=1S/C19H11F6N5O2/c1-30-16(17(31)28-9-5-6-26-12(7-9)18(20,21)22)13(19(23,24)25)15(29-30)10-3-2-4-11-14(10)27-8-32-11/h2-8H,1H3,(H,26,28,31). The van der Waals surface area contributed by atoms with Gasteiger partial charge in [0.25, 0.3) is 5.91 Å². The van der Waals surface area contributed by atoms with Crippen LogP contribution in [0, 0.1) is 0 Å². The van der Waals surface area contributed by atoms with Gasteiger partial charge in [0.1, 0.15) is 28.2 Å². The fourth-order valence-electron chi connectivity index (χ4n) is 3.17. The Morgan fingerprint density at radius 1 is 1.06 bits per heavy atom. The molecule has 0 atom stereocenters. The Morgan fingerprint density at radius 2 is 1.81 bits per heavy atom. The summed E-state index contributed by atoms with van der Waals surface area (Å²) in [4.78, 5) is 19.8. The molecule has 4 rings (SSSR count). The monoisotopic (exact) mass is 455 g/mol. The summed E-state index contributed by atoms with van der Waals surface area (Å²) in [7, 11) is 1.12. The van der Waals surface area contributed by atoms with E-state index in [1.54, 1.807) is 0 Å². The van der Waals surface area contributed by atoms with Gasteiger partial charge >= 0.3 is 12.4 Å². The van der Waals surface area contributed by atoms with Crippen molar-refractivity contribution < 1.29 is 35.6 Å². The molecule has 7 nitrogen and oxygen atoms in total. The number of hydrogen-bond acceptors (Lipinski definition) is 5. The van der Waals surface area contributed by atoms with Crippen LogP contribution in [0.15, 0.2) is 47.3 Å². The van der Waals surface area contributed by atoms with Crippen molar-refractivity contribution in [2.45, 2.75) is 12.4 Å². The van der Waals surface area contributed by atoms with Gasteiger partial charge in [0.15, 0.2) is 12.0 Å². The number of oxazole rings is 1. The quantitative estimate of drug-likeness (QED) is 0.444. The zero-order valence-electron chi connectivity index (χ0n) is 15.9. The first-order valence-corrected chi connectivity index (χ1v) is 8.78. The van der Waals surface area contributed by atoms with Crippen LogP contribution in [0.5, 0.6) is 0 Å². The van der Waals surface area contributed by atoms with Crippen LogP contribution in [0.25, 0.3) is 22.4 Å². The summed E-state index contributed by atoms with van der Waals surface area (Å²) in [5, 5.41) is 5.91. The number of carbonyl (C=O) groups excluding carboxylic acids is 1. The molecule has 0 unspecified atom stereocenters. The van der Waals surface area contributed by atoms with E-state index in [1.165, 1.54) is 18.2 Å². The molecule has 32 heavy (non-hydrogen) atoms. The van der Waals surface area contributed by atoms with E-state index in [0.29, 0.717) is 10.7 Å². The number of pyridine rings is 1. The van der Waals surface area contributed by atoms with Gasteiger partial charge < -0.3 is 9.73 Å². The molecule has 166 valence electrons. The van der Waals surface area contributed by atoms with Crippen molar-refractivity contribution in [3.05, 3.63) is 59.9 Å². The molecule has 1 aromatic carbocycles. The number of rotatable bonds is 3. The Labute approximate surface area is 174 Å². The van der Waals surface area contributed by atoms with Gasteiger partial charge in [0.2, 0.25) is 0 Å². The summed E-state index contributed by atoms with van der Waals surface area (Å²) in [5.74, 6) is -1.30. The Hall–Kier alpha value is -3.90. The van der Waals surface area contributed by atoms with Crippen LogP contribution >= 0.6 is 0 Å². The van der Waals surface area contributed by atoms with E-state index in [-0.39, 0.29) is 22.4 Å². The van der Waals surface area contributed by atoms with Gasteiger partial charge in [0.05, 0.1) is 0 Å². The highest BCUT2D eigenvalue weighted by Gasteiger charge is 2.42. The number of hydrogen-bond donors (Lipinski definition) is 1. The van der Waals surface area contributed by atoms with Gasteiger partial charge in [-0.3, -0.25) is 14.5 Å². The largest absolute Gasteiger partial charge is 0.443 e. The maximum atomic E-state index is 14.0. The van der Waals surface area contributed by atoms with Crippen LogP contribution in [-0.2, 0) is 19.4 Å². The van der Waals surface area contributed by atoms with E-state index in [1.807, 2.05) is 5.32 Å². The molecule has 1 N–H and O–H groups in total. The van der Waals surface area contributed by atoms with Crippen molar-refractivity contribution in [2.24, 2.45) is 7.05 Å². The second kappa shape index (κ2) is 7.35. The maximum Gasteiger partial charge on any atom is 0.433 e. The molecule has 13 heteroatoms. The molecule has 0 spiro atoms. The molecule has 4 aromatic rings. The van der Waals surface area contributed by atoms with Crippen LogP contribution in [0.3, 0.4) is 0 Å². The number of fused-ring (bicyclic) bond motifs is 1. The molecule has 3 aromatic heterocycles. The normalized spacial score (nSPS) is 12.3. The molecule has 0 saturated carbocycles. The van der Waals surface area contributed by atoms with Gasteiger partial charge in [-0.15, -0.1) is 0 Å². The Balaban J connectivity index is 1.82. The summed E-state index contributed by atoms with van der Waals surface area (Å²) in [5.41, 5.74) is -4.23. The molecule has 0 fully saturated rings. The predicted molar refractivity (Wildman–Crippen MR) is 98.4 cm³/mol. The van der Waals surface area contributed by atoms with E-state index in [2.05, 4.69) is 15.1 Å². The lowest BCUT2D eigenvalue weighted by Gasteiger charge is -2.12. The third-order valence-electron chi connectivity index (χ3n) is 4.47. The van der Waals surface area contributed by atoms with Gasteiger partial charge in [-0.05, 0) is 18.2 Å². The van der Waals surface area contributed by atoms with Crippen LogP contribution in [-0.4, -0.2) is 25.7 Å². The van der Waals surface area contributed by atoms with Gasteiger partial charge in [0, 0.05) is 24.5 Å². The highest BCUT2D eigenvalue weighted by Crippen LogP contribution is 2.41. The molecule has 0 bridgehead atoms. The van der Waals surface area contributed by atoms with E-state index in [4.69, 9.17) is 4.42 Å². The number of para-hydroxylation sites is 1. The minimum absolute atomic E-state index is 0.0264. The molecule has 0 aliphatic carbocycles. The topological polar surface area (TPSA) is 85.8 Å². The van der Waals surface area contributed by atoms with Crippen LogP contribution in [0.1, 0.15) is 21.7 Å². The molecule has 0 saturated heterocycles. The lowest BCUT2D eigenvalue weighted by atomic mass is 10.0. The van der Waals surface area contributed by atoms with Crippen molar-refractivity contribution in [2.75, 3.05) is 5.32 Å². The third kappa shape index (κ3) is 3.76. The fourth-order valence-corrected chi connectivity index (χ4v) is 3.17. The number of anilines is 1. The van der Waals surface area contributed by atoms with Gasteiger partial charge in [-0.1, -0.05) is 12.1 Å². The van der Waals surface area contributed by atoms with Crippen molar-refractivity contribution >= 4 is 22.7 Å². The van der Waals surface area contributed by atoms with Crippen molar-refractivity contribution in [1.82, 2.24) is 19.7 Å². The number of carbonyl (C=O) groups is 1. The highest BCUT2D eigenvalue weighted by molar-refractivity contribution is 6.06. The van der Waals surface area contributed by atoms with Crippen LogP contribution < -0.4 is 5.32 Å². The van der Waals surface area contributed by atoms with Crippen molar-refractivity contribution in [3.63, 3.8) is 0 Å². The number of nitrogens with one attached hydrogen (secondary N) is 1. The number of benzene rings is 1. The maximum absolute atomic E-state index is 14.0. The van der Waals surface area contributed by atoms with Crippen molar-refractivity contribution in [3.8, 4) is 11.3 Å². The molecule has 3 heterocycles. The number of aromatic nitrogens is 4. The lowest BCUT2D eigenvalue weighted by molar-refractivity contribution is -0.141. The summed E-state index contributed by atoms with van der Waals surface area (Å²) in [6.45, 7) is 0. The Morgan fingerprint density at radius 3 is 2.50 bits per heavy atom. The summed E-state index contributed by atoms with van der Waals surface area (Å²) in [6.07, 6.45) is -7.98. The minimum atomic E-state index is -5.02. The smallest absolute Gasteiger partial charge is 0.433 e. The Kier molecular flexibility index (Phi) is 4.90. The average Bonchev–Trinajstić information content (AvgIpc) is 3.31. The number of nitrogens with zero attached hydrogens (tertiary/aromatic N) is 4. The second-order valence-electron chi connectivity index (χ2n) is 6.58. The van der Waals surface area contributed by atoms with Crippen LogP contribution in [0.4, 0.5) is 32.0 Å². The number of amides is 1. The summed E-state index contributed by atoms with van der Waals surface area (Å²) < 4.78 is 86.4. The zero-order chi connectivity index (χ0) is 23.3. The second-order valence-corrected chi connectivity index (χ2v) is 6.58. The first-order chi connectivity index (χ1) is 15.0. The fraction of sp³-hybridized carbons (Fsp3) is 0.158. The number of alkyl halides is 6. The van der Waals surface area contributed by atoms with Gasteiger partial charge in [-0.2, -0.15) is 31.4 Å². The lowest BCUT2D eigenvalue weighted by Crippen LogP contribution is -2.21. The molecular formula is C19H11F6N5O2. The SMILES string of the molecule is Cn1nc(-c2cccc3ocnc23)c(C(F)(F)F)c1C(=O)Nc1ccnc(C(F)(F)F)c1. The summed E-state index contributed by atoms with van der Waals surface area (Å²) >= 11 is 0. The average molecular weight is 455 g/mol. The van der Waals surface area contributed by atoms with Crippen molar-refractivity contribution in [1.29, 1.82) is 0 Å². The highest BCUT2D eigenvalue weighted by atomic mass is 19.4. The number of halogens is 6. The van der Waals surface area contributed by atoms with E-state index < -0.39 is 40.9 Å². The molecule has 0 radical (unpaired) electrons. The van der Waals surface area contributed by atoms with E-state index >= 15 is 0 Å². The molecule has 0 aliphatic rings. The minimum Gasteiger partial charge on any atom is -0.443 e.